The minimum absolute atomic E-state index is 0.162. The molecule has 4 aromatic heterocycles. The Kier molecular flexibility index (Phi) is 4.88. The molecule has 0 radical (unpaired) electrons. The van der Waals surface area contributed by atoms with Gasteiger partial charge in [0.05, 0.1) is 39.2 Å². The molecule has 1 aliphatic carbocycles. The van der Waals surface area contributed by atoms with Gasteiger partial charge in [0, 0.05) is 32.8 Å². The molecule has 0 atom stereocenters. The van der Waals surface area contributed by atoms with E-state index in [4.69, 9.17) is 9.40 Å². The average Bonchev–Trinajstić information content (AvgIpc) is 3.83. The molecule has 4 nitrogen and oxygen atoms in total. The fraction of sp³-hybridized carbons (Fsp3) is 0.0682. The third kappa shape index (κ3) is 3.17. The highest BCUT2D eigenvalue weighted by atomic mass is 16.3. The number of fused-ring (bicyclic) bond motifs is 14. The number of benzene rings is 6. The van der Waals surface area contributed by atoms with Gasteiger partial charge in [-0.15, -0.1) is 0 Å². The van der Waals surface area contributed by atoms with E-state index in [0.717, 1.165) is 50.0 Å². The van der Waals surface area contributed by atoms with Crippen molar-refractivity contribution in [1.29, 1.82) is 0 Å². The van der Waals surface area contributed by atoms with E-state index in [-0.39, 0.29) is 5.41 Å². The molecule has 1 aliphatic rings. The third-order valence-electron chi connectivity index (χ3n) is 10.7. The van der Waals surface area contributed by atoms with Gasteiger partial charge in [-0.2, -0.15) is 0 Å². The SMILES string of the molecule is CC1(C)c2ccccc2-c2ccc3c(c21)c1c2ccccc2oc1n3-c1cccc(-c2c3ccccc3n3c2cnc2ccccc23)c1. The monoisotopic (exact) mass is 615 g/mol. The third-order valence-corrected chi connectivity index (χ3v) is 10.7. The van der Waals surface area contributed by atoms with Crippen molar-refractivity contribution in [3.05, 3.63) is 151 Å². The van der Waals surface area contributed by atoms with Crippen molar-refractivity contribution in [3.8, 4) is 27.9 Å². The van der Waals surface area contributed by atoms with Crippen molar-refractivity contribution in [1.82, 2.24) is 14.0 Å². The Labute approximate surface area is 276 Å². The number of rotatable bonds is 2. The topological polar surface area (TPSA) is 35.4 Å². The fourth-order valence-corrected chi connectivity index (χ4v) is 8.74. The summed E-state index contributed by atoms with van der Waals surface area (Å²) < 4.78 is 11.5. The van der Waals surface area contributed by atoms with Crippen LogP contribution >= 0.6 is 0 Å². The van der Waals surface area contributed by atoms with Crippen LogP contribution in [0, 0.1) is 0 Å². The molecule has 0 bridgehead atoms. The molecule has 0 N–H and O–H groups in total. The highest BCUT2D eigenvalue weighted by Gasteiger charge is 2.38. The molecule has 6 aromatic carbocycles. The summed E-state index contributed by atoms with van der Waals surface area (Å²) >= 11 is 0. The second kappa shape index (κ2) is 9.02. The van der Waals surface area contributed by atoms with E-state index < -0.39 is 0 Å². The first-order valence-electron chi connectivity index (χ1n) is 16.6. The van der Waals surface area contributed by atoms with Gasteiger partial charge in [0.1, 0.15) is 5.58 Å². The predicted molar refractivity (Wildman–Crippen MR) is 197 cm³/mol. The molecule has 0 unspecified atom stereocenters. The molecule has 0 saturated heterocycles. The summed E-state index contributed by atoms with van der Waals surface area (Å²) in [6.45, 7) is 4.73. The van der Waals surface area contributed by atoms with Crippen molar-refractivity contribution < 1.29 is 4.42 Å². The zero-order valence-electron chi connectivity index (χ0n) is 26.5. The Bertz CT molecular complexity index is 2990. The largest absolute Gasteiger partial charge is 0.439 e. The van der Waals surface area contributed by atoms with Crippen molar-refractivity contribution in [2.24, 2.45) is 0 Å². The van der Waals surface area contributed by atoms with E-state index in [1.165, 1.54) is 49.5 Å². The van der Waals surface area contributed by atoms with Crippen LogP contribution in [-0.4, -0.2) is 14.0 Å². The lowest BCUT2D eigenvalue weighted by Crippen LogP contribution is -2.15. The highest BCUT2D eigenvalue weighted by molar-refractivity contribution is 6.23. The van der Waals surface area contributed by atoms with Crippen LogP contribution in [0.15, 0.2) is 144 Å². The number of hydrogen-bond acceptors (Lipinski definition) is 2. The smallest absolute Gasteiger partial charge is 0.213 e. The normalized spacial score (nSPS) is 13.8. The first kappa shape index (κ1) is 26.0. The number of hydrogen-bond donors (Lipinski definition) is 0. The molecule has 4 heteroatoms. The second-order valence-corrected chi connectivity index (χ2v) is 13.6. The first-order chi connectivity index (χ1) is 23.6. The van der Waals surface area contributed by atoms with E-state index in [1.54, 1.807) is 0 Å². The molecule has 10 aromatic rings. The van der Waals surface area contributed by atoms with Gasteiger partial charge < -0.3 is 8.82 Å². The number of para-hydroxylation sites is 4. The fourth-order valence-electron chi connectivity index (χ4n) is 8.74. The Morgan fingerprint density at radius 1 is 0.604 bits per heavy atom. The van der Waals surface area contributed by atoms with Crippen LogP contribution in [0.3, 0.4) is 0 Å². The van der Waals surface area contributed by atoms with E-state index in [1.807, 2.05) is 12.3 Å². The molecule has 0 fully saturated rings. The van der Waals surface area contributed by atoms with Crippen LogP contribution in [0.25, 0.3) is 88.4 Å². The van der Waals surface area contributed by atoms with Crippen LogP contribution < -0.4 is 0 Å². The maximum absolute atomic E-state index is 6.80. The lowest BCUT2D eigenvalue weighted by Gasteiger charge is -2.22. The summed E-state index contributed by atoms with van der Waals surface area (Å²) in [5, 5.41) is 4.81. The van der Waals surface area contributed by atoms with E-state index >= 15 is 0 Å². The number of furan rings is 1. The molecule has 226 valence electrons. The van der Waals surface area contributed by atoms with Gasteiger partial charge in [-0.1, -0.05) is 105 Å². The summed E-state index contributed by atoms with van der Waals surface area (Å²) in [7, 11) is 0. The number of aromatic nitrogens is 3. The molecular weight excluding hydrogens is 587 g/mol. The Balaban J connectivity index is 1.24. The van der Waals surface area contributed by atoms with Crippen molar-refractivity contribution in [2.75, 3.05) is 0 Å². The molecular formula is C44H29N3O. The molecule has 0 amide bonds. The molecule has 4 heterocycles. The summed E-state index contributed by atoms with van der Waals surface area (Å²) in [6, 6.07) is 47.9. The summed E-state index contributed by atoms with van der Waals surface area (Å²) in [5.41, 5.74) is 15.9. The van der Waals surface area contributed by atoms with Gasteiger partial charge in [0.15, 0.2) is 0 Å². The molecule has 0 aliphatic heterocycles. The lowest BCUT2D eigenvalue weighted by atomic mass is 9.80. The molecule has 0 spiro atoms. The van der Waals surface area contributed by atoms with Gasteiger partial charge in [0.25, 0.3) is 0 Å². The van der Waals surface area contributed by atoms with Gasteiger partial charge >= 0.3 is 0 Å². The van der Waals surface area contributed by atoms with Gasteiger partial charge in [-0.25, -0.2) is 0 Å². The first-order valence-corrected chi connectivity index (χ1v) is 16.6. The predicted octanol–water partition coefficient (Wildman–Crippen LogP) is 11.5. The van der Waals surface area contributed by atoms with Gasteiger partial charge in [-0.05, 0) is 70.3 Å². The summed E-state index contributed by atoms with van der Waals surface area (Å²) in [5.74, 6) is 0. The Morgan fingerprint density at radius 2 is 1.38 bits per heavy atom. The van der Waals surface area contributed by atoms with Crippen LogP contribution in [0.4, 0.5) is 0 Å². The zero-order chi connectivity index (χ0) is 31.7. The Morgan fingerprint density at radius 3 is 2.29 bits per heavy atom. The quantitative estimate of drug-likeness (QED) is 0.194. The molecule has 11 rings (SSSR count). The maximum Gasteiger partial charge on any atom is 0.213 e. The van der Waals surface area contributed by atoms with Crippen LogP contribution in [0.1, 0.15) is 25.0 Å². The standard InChI is InChI=1S/C44H29N3O/c1-44(2)32-17-6-3-14-28(32)29-22-23-36-41(42(29)44)40-31-16-5-10-21-38(31)48-43(40)46(36)27-13-11-12-26(24-27)39-30-15-4-8-19-34(30)47-35-20-9-7-18-33(35)45-25-37(39)47/h3-25H,1-2H3. The van der Waals surface area contributed by atoms with Gasteiger partial charge in [-0.3, -0.25) is 9.55 Å². The second-order valence-electron chi connectivity index (χ2n) is 13.6. The van der Waals surface area contributed by atoms with Gasteiger partial charge in [0.2, 0.25) is 5.71 Å². The Hall–Kier alpha value is -6.13. The minimum Gasteiger partial charge on any atom is -0.439 e. The van der Waals surface area contributed by atoms with Crippen LogP contribution in [0.5, 0.6) is 0 Å². The van der Waals surface area contributed by atoms with Crippen LogP contribution in [-0.2, 0) is 5.41 Å². The number of nitrogens with zero attached hydrogens (tertiary/aromatic N) is 3. The zero-order valence-corrected chi connectivity index (χ0v) is 26.5. The van der Waals surface area contributed by atoms with E-state index in [9.17, 15) is 0 Å². The minimum atomic E-state index is -0.162. The molecule has 0 saturated carbocycles. The van der Waals surface area contributed by atoms with E-state index in [0.29, 0.717) is 0 Å². The van der Waals surface area contributed by atoms with Crippen LogP contribution in [0.2, 0.25) is 0 Å². The summed E-state index contributed by atoms with van der Waals surface area (Å²) in [4.78, 5) is 4.89. The van der Waals surface area contributed by atoms with E-state index in [2.05, 4.69) is 150 Å². The maximum atomic E-state index is 6.80. The molecule has 48 heavy (non-hydrogen) atoms. The summed E-state index contributed by atoms with van der Waals surface area (Å²) in [6.07, 6.45) is 2.02. The van der Waals surface area contributed by atoms with Crippen molar-refractivity contribution in [2.45, 2.75) is 19.3 Å². The highest BCUT2D eigenvalue weighted by Crippen LogP contribution is 2.54. The van der Waals surface area contributed by atoms with Crippen molar-refractivity contribution >= 4 is 60.4 Å². The lowest BCUT2D eigenvalue weighted by molar-refractivity contribution is 0.645. The average molecular weight is 616 g/mol. The van der Waals surface area contributed by atoms with Crippen molar-refractivity contribution in [3.63, 3.8) is 0 Å².